The first-order valence-electron chi connectivity index (χ1n) is 8.01. The molecule has 0 saturated carbocycles. The van der Waals surface area contributed by atoms with Gasteiger partial charge in [0.25, 0.3) is 0 Å². The van der Waals surface area contributed by atoms with Crippen LogP contribution < -0.4 is 9.64 Å². The number of hydrogen-bond acceptors (Lipinski definition) is 5. The van der Waals surface area contributed by atoms with Crippen molar-refractivity contribution in [2.24, 2.45) is 0 Å². The molecule has 4 rings (SSSR count). The van der Waals surface area contributed by atoms with E-state index in [1.807, 2.05) is 13.8 Å². The van der Waals surface area contributed by atoms with Gasteiger partial charge in [-0.2, -0.15) is 0 Å². The Labute approximate surface area is 136 Å². The monoisotopic (exact) mass is 310 g/mol. The Bertz CT molecular complexity index is 716. The third-order valence-corrected chi connectivity index (χ3v) is 4.40. The summed E-state index contributed by atoms with van der Waals surface area (Å²) < 4.78 is 11.2. The van der Waals surface area contributed by atoms with Gasteiger partial charge in [-0.15, -0.1) is 0 Å². The molecular formula is C18H20N3O2. The maximum absolute atomic E-state index is 5.80. The quantitative estimate of drug-likeness (QED) is 0.853. The first-order valence-corrected chi connectivity index (χ1v) is 8.01. The molecule has 0 N–H and O–H groups in total. The van der Waals surface area contributed by atoms with Crippen LogP contribution in [0.25, 0.3) is 11.1 Å². The molecule has 1 radical (unpaired) electrons. The van der Waals surface area contributed by atoms with Crippen LogP contribution in [0.4, 0.5) is 5.95 Å². The maximum Gasteiger partial charge on any atom is 0.225 e. The Balaban J connectivity index is 1.77. The van der Waals surface area contributed by atoms with Gasteiger partial charge in [-0.1, -0.05) is 18.2 Å². The lowest BCUT2D eigenvalue weighted by molar-refractivity contribution is 0.122. The topological polar surface area (TPSA) is 47.5 Å². The Morgan fingerprint density at radius 1 is 1.04 bits per heavy atom. The molecule has 0 aliphatic carbocycles. The number of ether oxygens (including phenoxy) is 2. The zero-order valence-electron chi connectivity index (χ0n) is 13.5. The smallest absolute Gasteiger partial charge is 0.225 e. The Kier molecular flexibility index (Phi) is 3.65. The molecule has 0 atom stereocenters. The van der Waals surface area contributed by atoms with Crippen LogP contribution in [-0.4, -0.2) is 42.9 Å². The van der Waals surface area contributed by atoms with Crippen molar-refractivity contribution in [1.29, 1.82) is 0 Å². The van der Waals surface area contributed by atoms with Crippen LogP contribution in [0.2, 0.25) is 0 Å². The fourth-order valence-corrected chi connectivity index (χ4v) is 3.28. The average Bonchev–Trinajstić information content (AvgIpc) is 3.04. The van der Waals surface area contributed by atoms with Crippen molar-refractivity contribution in [2.75, 3.05) is 37.8 Å². The number of nitrogens with zero attached hydrogens (tertiary/aromatic N) is 3. The molecule has 1 fully saturated rings. The van der Waals surface area contributed by atoms with Crippen LogP contribution in [-0.2, 0) is 4.74 Å². The van der Waals surface area contributed by atoms with Crippen molar-refractivity contribution in [3.63, 3.8) is 0 Å². The molecule has 3 heterocycles. The largest absolute Gasteiger partial charge is 0.492 e. The molecule has 0 bridgehead atoms. The van der Waals surface area contributed by atoms with E-state index >= 15 is 0 Å². The highest BCUT2D eigenvalue weighted by molar-refractivity contribution is 5.77. The van der Waals surface area contributed by atoms with Gasteiger partial charge >= 0.3 is 0 Å². The summed E-state index contributed by atoms with van der Waals surface area (Å²) in [6.07, 6.45) is 2.10. The predicted molar refractivity (Wildman–Crippen MR) is 88.9 cm³/mol. The Hall–Kier alpha value is -2.14. The highest BCUT2D eigenvalue weighted by Gasteiger charge is 2.22. The number of fused-ring (bicyclic) bond motifs is 1. The van der Waals surface area contributed by atoms with E-state index in [4.69, 9.17) is 19.4 Å². The van der Waals surface area contributed by atoms with Crippen molar-refractivity contribution in [3.05, 3.63) is 41.6 Å². The highest BCUT2D eigenvalue weighted by atomic mass is 16.5. The number of morpholine rings is 1. The van der Waals surface area contributed by atoms with E-state index in [2.05, 4.69) is 29.5 Å². The fraction of sp³-hybridized carbons (Fsp3) is 0.389. The molecule has 2 aromatic rings. The minimum absolute atomic E-state index is 0.636. The van der Waals surface area contributed by atoms with E-state index in [9.17, 15) is 0 Å². The molecular weight excluding hydrogens is 290 g/mol. The minimum Gasteiger partial charge on any atom is -0.492 e. The van der Waals surface area contributed by atoms with E-state index in [1.54, 1.807) is 0 Å². The van der Waals surface area contributed by atoms with Gasteiger partial charge in [0.05, 0.1) is 31.2 Å². The molecule has 0 amide bonds. The zero-order chi connectivity index (χ0) is 15.8. The van der Waals surface area contributed by atoms with E-state index < -0.39 is 0 Å². The zero-order valence-corrected chi connectivity index (χ0v) is 13.5. The van der Waals surface area contributed by atoms with Gasteiger partial charge in [0.15, 0.2) is 0 Å². The van der Waals surface area contributed by atoms with Crippen molar-refractivity contribution >= 4 is 5.95 Å². The molecule has 0 unspecified atom stereocenters. The Morgan fingerprint density at radius 3 is 2.52 bits per heavy atom. The molecule has 119 valence electrons. The van der Waals surface area contributed by atoms with E-state index in [0.717, 1.165) is 66.1 Å². The van der Waals surface area contributed by atoms with E-state index in [1.165, 1.54) is 0 Å². The molecule has 0 spiro atoms. The summed E-state index contributed by atoms with van der Waals surface area (Å²) in [6.45, 7) is 7.89. The van der Waals surface area contributed by atoms with Crippen LogP contribution in [0.1, 0.15) is 17.0 Å². The van der Waals surface area contributed by atoms with Gasteiger partial charge in [-0.05, 0) is 13.8 Å². The summed E-state index contributed by atoms with van der Waals surface area (Å²) in [5.74, 6) is 1.74. The highest BCUT2D eigenvalue weighted by Crippen LogP contribution is 2.39. The molecule has 5 nitrogen and oxygen atoms in total. The number of hydrogen-bond donors (Lipinski definition) is 0. The van der Waals surface area contributed by atoms with Crippen LogP contribution >= 0.6 is 0 Å². The molecule has 5 heteroatoms. The van der Waals surface area contributed by atoms with Crippen LogP contribution in [0, 0.1) is 20.3 Å². The third kappa shape index (κ3) is 2.55. The lowest BCUT2D eigenvalue weighted by Gasteiger charge is -2.27. The maximum atomic E-state index is 5.80. The van der Waals surface area contributed by atoms with Gasteiger partial charge in [-0.3, -0.25) is 0 Å². The SMILES string of the molecule is Cc1nc(N2CCOCC2)nc(C)c1-c1cccc2c1OC[CH]2. The molecule has 1 aromatic heterocycles. The summed E-state index contributed by atoms with van der Waals surface area (Å²) in [4.78, 5) is 11.7. The van der Waals surface area contributed by atoms with Gasteiger partial charge in [0, 0.05) is 36.2 Å². The minimum atomic E-state index is 0.636. The number of rotatable bonds is 2. The predicted octanol–water partition coefficient (Wildman–Crippen LogP) is 2.54. The molecule has 1 saturated heterocycles. The second-order valence-electron chi connectivity index (χ2n) is 5.91. The summed E-state index contributed by atoms with van der Waals surface area (Å²) in [6, 6.07) is 6.23. The van der Waals surface area contributed by atoms with Crippen LogP contribution in [0.5, 0.6) is 5.75 Å². The van der Waals surface area contributed by atoms with Gasteiger partial charge < -0.3 is 14.4 Å². The third-order valence-electron chi connectivity index (χ3n) is 4.40. The first-order chi connectivity index (χ1) is 11.2. The van der Waals surface area contributed by atoms with Crippen molar-refractivity contribution in [2.45, 2.75) is 13.8 Å². The molecule has 2 aliphatic rings. The lowest BCUT2D eigenvalue weighted by Crippen LogP contribution is -2.37. The van der Waals surface area contributed by atoms with Crippen LogP contribution in [0.3, 0.4) is 0 Å². The number of anilines is 1. The first kappa shape index (κ1) is 14.5. The number of aryl methyl sites for hydroxylation is 2. The second-order valence-corrected chi connectivity index (χ2v) is 5.91. The summed E-state index contributed by atoms with van der Waals surface area (Å²) in [5.41, 5.74) is 5.29. The van der Waals surface area contributed by atoms with Gasteiger partial charge in [0.1, 0.15) is 5.75 Å². The summed E-state index contributed by atoms with van der Waals surface area (Å²) in [7, 11) is 0. The number of aromatic nitrogens is 2. The molecule has 2 aliphatic heterocycles. The summed E-state index contributed by atoms with van der Waals surface area (Å²) >= 11 is 0. The standard InChI is InChI=1S/C18H20N3O2/c1-12-16(15-5-3-4-14-6-9-23-17(14)15)13(2)20-18(19-12)21-7-10-22-11-8-21/h3-6H,7-11H2,1-2H3. The van der Waals surface area contributed by atoms with E-state index in [-0.39, 0.29) is 0 Å². The normalized spacial score (nSPS) is 17.0. The molecule has 1 aromatic carbocycles. The van der Waals surface area contributed by atoms with E-state index in [0.29, 0.717) is 6.61 Å². The van der Waals surface area contributed by atoms with Crippen molar-refractivity contribution in [3.8, 4) is 16.9 Å². The van der Waals surface area contributed by atoms with Crippen molar-refractivity contribution in [1.82, 2.24) is 9.97 Å². The second kappa shape index (κ2) is 5.81. The average molecular weight is 310 g/mol. The van der Waals surface area contributed by atoms with Gasteiger partial charge in [-0.25, -0.2) is 9.97 Å². The molecule has 23 heavy (non-hydrogen) atoms. The lowest BCUT2D eigenvalue weighted by atomic mass is 9.99. The van der Waals surface area contributed by atoms with Gasteiger partial charge in [0.2, 0.25) is 5.95 Å². The fourth-order valence-electron chi connectivity index (χ4n) is 3.28. The number of benzene rings is 1. The summed E-state index contributed by atoms with van der Waals surface area (Å²) in [5, 5.41) is 0. The van der Waals surface area contributed by atoms with Crippen LogP contribution in [0.15, 0.2) is 18.2 Å². The van der Waals surface area contributed by atoms with Crippen molar-refractivity contribution < 1.29 is 9.47 Å². The Morgan fingerprint density at radius 2 is 1.78 bits per heavy atom. The number of para-hydroxylation sites is 1.